The highest BCUT2D eigenvalue weighted by Gasteiger charge is 2.36. The first-order chi connectivity index (χ1) is 17.2. The first kappa shape index (κ1) is 19.8. The number of fused-ring (bicyclic) bond motifs is 1. The topological polar surface area (TPSA) is 106 Å². The quantitative estimate of drug-likeness (QED) is 0.374. The Bertz CT molecular complexity index is 1520. The molecule has 7 nitrogen and oxygen atoms in total. The van der Waals surface area contributed by atoms with Gasteiger partial charge in [-0.05, 0) is 49.2 Å². The number of aliphatic hydroxyl groups is 1. The molecule has 0 fully saturated rings. The van der Waals surface area contributed by atoms with E-state index in [0.29, 0.717) is 21.2 Å². The molecule has 4 rings (SSSR count). The Hall–Kier alpha value is -3.63. The van der Waals surface area contributed by atoms with Crippen LogP contribution in [0.5, 0.6) is 0 Å². The van der Waals surface area contributed by atoms with Crippen molar-refractivity contribution >= 4 is 34.5 Å². The summed E-state index contributed by atoms with van der Waals surface area (Å²) in [5, 5.41) is 13.2. The molecule has 0 saturated heterocycles. The van der Waals surface area contributed by atoms with Crippen molar-refractivity contribution in [2.45, 2.75) is 26.1 Å². The number of amides is 1. The standard InChI is InChI=1S/C23H19ClF3N5O2/c1-11-8-15(31-22(34)20(33)13-4-3-5-14(24)9-13)6-7-16(11)18-19-21(28)29-10-17(23(25,26)27)32(19)12(2)30-18/h3-10,20,33H,1-2H3,(H2,28,29)(H,31,34)/t20-/m1/s1/i2D3. The number of aliphatic hydroxyl groups excluding tert-OH is 1. The van der Waals surface area contributed by atoms with E-state index in [-0.39, 0.29) is 33.8 Å². The molecule has 176 valence electrons. The van der Waals surface area contributed by atoms with Crippen molar-refractivity contribution in [2.75, 3.05) is 11.1 Å². The lowest BCUT2D eigenvalue weighted by molar-refractivity contribution is -0.142. The number of imidazole rings is 1. The lowest BCUT2D eigenvalue weighted by Gasteiger charge is -2.14. The SMILES string of the molecule is [2H]C([2H])([2H])c1nc(-c2ccc(NC(=O)[C@H](O)c3cccc(Cl)c3)cc2C)c2c(N)ncc(C(F)(F)F)n12. The Kier molecular flexibility index (Phi) is 5.02. The fourth-order valence-corrected chi connectivity index (χ4v) is 3.77. The van der Waals surface area contributed by atoms with E-state index in [0.717, 1.165) is 0 Å². The van der Waals surface area contributed by atoms with Crippen molar-refractivity contribution in [1.82, 2.24) is 14.4 Å². The number of nitrogens with one attached hydrogen (secondary N) is 1. The van der Waals surface area contributed by atoms with E-state index in [9.17, 15) is 23.1 Å². The van der Waals surface area contributed by atoms with E-state index < -0.39 is 36.6 Å². The van der Waals surface area contributed by atoms with Gasteiger partial charge < -0.3 is 16.2 Å². The number of nitrogen functional groups attached to an aromatic ring is 1. The Morgan fingerprint density at radius 3 is 2.71 bits per heavy atom. The van der Waals surface area contributed by atoms with Crippen LogP contribution < -0.4 is 11.1 Å². The van der Waals surface area contributed by atoms with E-state index in [2.05, 4.69) is 15.3 Å². The van der Waals surface area contributed by atoms with Gasteiger partial charge in [0.15, 0.2) is 6.10 Å². The summed E-state index contributed by atoms with van der Waals surface area (Å²) in [6, 6.07) is 10.5. The van der Waals surface area contributed by atoms with E-state index in [1.54, 1.807) is 19.1 Å². The number of nitrogens with two attached hydrogens (primary N) is 1. The molecule has 1 atom stereocenters. The maximum Gasteiger partial charge on any atom is 0.433 e. The van der Waals surface area contributed by atoms with E-state index >= 15 is 0 Å². The van der Waals surface area contributed by atoms with Gasteiger partial charge in [-0.2, -0.15) is 13.2 Å². The molecule has 0 unspecified atom stereocenters. The van der Waals surface area contributed by atoms with E-state index in [1.165, 1.54) is 30.3 Å². The van der Waals surface area contributed by atoms with Gasteiger partial charge in [-0.25, -0.2) is 9.97 Å². The summed E-state index contributed by atoms with van der Waals surface area (Å²) in [5.74, 6) is -1.90. The number of benzene rings is 2. The average Bonchev–Trinajstić information content (AvgIpc) is 3.19. The minimum Gasteiger partial charge on any atom is -0.382 e. The van der Waals surface area contributed by atoms with Crippen molar-refractivity contribution in [2.24, 2.45) is 0 Å². The second-order valence-electron chi connectivity index (χ2n) is 7.47. The fraction of sp³-hybridized carbons (Fsp3) is 0.174. The van der Waals surface area contributed by atoms with Gasteiger partial charge in [0.2, 0.25) is 0 Å². The van der Waals surface area contributed by atoms with Crippen LogP contribution in [0.1, 0.15) is 32.9 Å². The first-order valence-corrected chi connectivity index (χ1v) is 10.2. The third-order valence-corrected chi connectivity index (χ3v) is 5.37. The van der Waals surface area contributed by atoms with Crippen LogP contribution in [-0.4, -0.2) is 25.4 Å². The average molecular weight is 493 g/mol. The predicted octanol–water partition coefficient (Wildman–Crippen LogP) is 4.94. The molecule has 4 aromatic rings. The zero-order chi connectivity index (χ0) is 27.3. The molecule has 0 aliphatic heterocycles. The van der Waals surface area contributed by atoms with Gasteiger partial charge in [0.25, 0.3) is 5.91 Å². The minimum atomic E-state index is -4.93. The summed E-state index contributed by atoms with van der Waals surface area (Å²) in [5.41, 5.74) is 5.39. The molecule has 2 heterocycles. The number of nitrogens with zero attached hydrogens (tertiary/aromatic N) is 3. The largest absolute Gasteiger partial charge is 0.433 e. The third kappa shape index (κ3) is 4.29. The van der Waals surface area contributed by atoms with Gasteiger partial charge in [-0.15, -0.1) is 0 Å². The molecule has 0 aliphatic rings. The maximum absolute atomic E-state index is 13.7. The number of rotatable bonds is 4. The summed E-state index contributed by atoms with van der Waals surface area (Å²) >= 11 is 5.91. The Morgan fingerprint density at radius 2 is 2.06 bits per heavy atom. The Morgan fingerprint density at radius 1 is 1.29 bits per heavy atom. The first-order valence-electron chi connectivity index (χ1n) is 11.3. The van der Waals surface area contributed by atoms with Crippen LogP contribution in [0.15, 0.2) is 48.7 Å². The predicted molar refractivity (Wildman–Crippen MR) is 122 cm³/mol. The lowest BCUT2D eigenvalue weighted by Crippen LogP contribution is -2.20. The van der Waals surface area contributed by atoms with Crippen molar-refractivity contribution in [3.8, 4) is 11.3 Å². The monoisotopic (exact) mass is 492 g/mol. The molecule has 0 saturated carbocycles. The third-order valence-electron chi connectivity index (χ3n) is 5.14. The van der Waals surface area contributed by atoms with Crippen LogP contribution in [-0.2, 0) is 11.0 Å². The van der Waals surface area contributed by atoms with Gasteiger partial charge >= 0.3 is 6.18 Å². The highest BCUT2D eigenvalue weighted by Crippen LogP contribution is 2.36. The maximum atomic E-state index is 13.7. The smallest absolute Gasteiger partial charge is 0.382 e. The Balaban J connectivity index is 1.77. The van der Waals surface area contributed by atoms with Crippen molar-refractivity contribution in [3.05, 3.63) is 76.3 Å². The molecule has 11 heteroatoms. The normalized spacial score (nSPS) is 14.4. The minimum absolute atomic E-state index is 0.114. The number of alkyl halides is 3. The highest BCUT2D eigenvalue weighted by molar-refractivity contribution is 6.30. The van der Waals surface area contributed by atoms with Gasteiger partial charge in [0, 0.05) is 20.4 Å². The van der Waals surface area contributed by atoms with Gasteiger partial charge in [-0.3, -0.25) is 9.20 Å². The van der Waals surface area contributed by atoms with Crippen molar-refractivity contribution < 1.29 is 27.2 Å². The summed E-state index contributed by atoms with van der Waals surface area (Å²) in [6.07, 6.45) is -5.98. The molecule has 0 aliphatic carbocycles. The zero-order valence-corrected chi connectivity index (χ0v) is 18.2. The number of hydrogen-bond acceptors (Lipinski definition) is 5. The van der Waals surface area contributed by atoms with Gasteiger partial charge in [0.1, 0.15) is 28.5 Å². The Labute approximate surface area is 201 Å². The second kappa shape index (κ2) is 8.62. The summed E-state index contributed by atoms with van der Waals surface area (Å²) in [7, 11) is 0. The summed E-state index contributed by atoms with van der Waals surface area (Å²) in [6.45, 7) is -1.40. The van der Waals surface area contributed by atoms with Crippen LogP contribution in [0.2, 0.25) is 5.02 Å². The number of halogens is 4. The van der Waals surface area contributed by atoms with Crippen LogP contribution in [0.3, 0.4) is 0 Å². The number of carbonyl (C=O) groups is 1. The number of carbonyl (C=O) groups excluding carboxylic acids is 1. The van der Waals surface area contributed by atoms with Crippen LogP contribution in [0.25, 0.3) is 16.8 Å². The molecular weight excluding hydrogens is 471 g/mol. The van der Waals surface area contributed by atoms with Crippen molar-refractivity contribution in [1.29, 1.82) is 0 Å². The summed E-state index contributed by atoms with van der Waals surface area (Å²) < 4.78 is 64.8. The molecule has 34 heavy (non-hydrogen) atoms. The zero-order valence-electron chi connectivity index (χ0n) is 20.5. The molecule has 2 aromatic heterocycles. The highest BCUT2D eigenvalue weighted by atomic mass is 35.5. The lowest BCUT2D eigenvalue weighted by atomic mass is 10.0. The summed E-state index contributed by atoms with van der Waals surface area (Å²) in [4.78, 5) is 20.2. The van der Waals surface area contributed by atoms with Crippen LogP contribution in [0, 0.1) is 13.8 Å². The number of aromatic nitrogens is 3. The van der Waals surface area contributed by atoms with Gasteiger partial charge in [0.05, 0.1) is 6.20 Å². The molecule has 0 radical (unpaired) electrons. The fourth-order valence-electron chi connectivity index (χ4n) is 3.57. The van der Waals surface area contributed by atoms with Crippen LogP contribution >= 0.6 is 11.6 Å². The molecule has 0 spiro atoms. The molecule has 2 aromatic carbocycles. The van der Waals surface area contributed by atoms with Gasteiger partial charge in [-0.1, -0.05) is 29.8 Å². The number of anilines is 2. The number of aryl methyl sites for hydroxylation is 2. The molecule has 4 N–H and O–H groups in total. The van der Waals surface area contributed by atoms with E-state index in [4.69, 9.17) is 21.4 Å². The van der Waals surface area contributed by atoms with Crippen LogP contribution in [0.4, 0.5) is 24.7 Å². The second-order valence-corrected chi connectivity index (χ2v) is 7.91. The molecule has 0 bridgehead atoms. The molecular formula is C23H19ClF3N5O2. The van der Waals surface area contributed by atoms with Crippen molar-refractivity contribution in [3.63, 3.8) is 0 Å². The van der Waals surface area contributed by atoms with E-state index in [1.807, 2.05) is 0 Å². The number of hydrogen-bond donors (Lipinski definition) is 3. The molecule has 1 amide bonds.